The first kappa shape index (κ1) is 14.4. The first-order chi connectivity index (χ1) is 9.15. The second-order valence-electron chi connectivity index (χ2n) is 5.77. The van der Waals surface area contributed by atoms with Crippen molar-refractivity contribution in [3.8, 4) is 5.75 Å². The Hall–Kier alpha value is -1.06. The highest BCUT2D eigenvalue weighted by atomic mass is 16.3. The second-order valence-corrected chi connectivity index (χ2v) is 5.77. The van der Waals surface area contributed by atoms with Crippen LogP contribution >= 0.6 is 0 Å². The Kier molecular flexibility index (Phi) is 5.23. The lowest BCUT2D eigenvalue weighted by Crippen LogP contribution is -2.45. The fraction of sp³-hybridized carbons (Fsp3) is 0.625. The van der Waals surface area contributed by atoms with Gasteiger partial charge in [0.25, 0.3) is 0 Å². The quantitative estimate of drug-likeness (QED) is 0.855. The molecule has 1 aromatic rings. The number of nitrogens with zero attached hydrogens (tertiary/aromatic N) is 1. The summed E-state index contributed by atoms with van der Waals surface area (Å²) in [7, 11) is 0. The van der Waals surface area contributed by atoms with Gasteiger partial charge in [-0.25, -0.2) is 0 Å². The zero-order valence-corrected chi connectivity index (χ0v) is 12.1. The van der Waals surface area contributed by atoms with Crippen LogP contribution < -0.4 is 5.32 Å². The Bertz CT molecular complexity index is 367. The maximum atomic E-state index is 9.24. The minimum Gasteiger partial charge on any atom is -0.508 e. The molecule has 0 atom stereocenters. The van der Waals surface area contributed by atoms with E-state index in [1.165, 1.54) is 31.5 Å². The Balaban J connectivity index is 1.65. The van der Waals surface area contributed by atoms with Crippen LogP contribution in [0.4, 0.5) is 0 Å². The highest BCUT2D eigenvalue weighted by Gasteiger charge is 2.19. The van der Waals surface area contributed by atoms with Crippen LogP contribution in [0.25, 0.3) is 0 Å². The molecule has 0 spiro atoms. The summed E-state index contributed by atoms with van der Waals surface area (Å²) < 4.78 is 0. The molecule has 0 unspecified atom stereocenters. The smallest absolute Gasteiger partial charge is 0.115 e. The zero-order chi connectivity index (χ0) is 13.7. The monoisotopic (exact) mass is 262 g/mol. The number of nitrogens with one attached hydrogen (secondary N) is 1. The summed E-state index contributed by atoms with van der Waals surface area (Å²) in [5.41, 5.74) is 1.28. The number of hydrogen-bond acceptors (Lipinski definition) is 3. The molecule has 3 heteroatoms. The third-order valence-corrected chi connectivity index (χ3v) is 4.04. The standard InChI is InChI=1S/C16H26N2O/c1-13(2)18-11-8-15(9-12-18)17-10-7-14-3-5-16(19)6-4-14/h3-6,13,15,17,19H,7-12H2,1-2H3. The summed E-state index contributed by atoms with van der Waals surface area (Å²) in [6, 6.07) is 8.87. The van der Waals surface area contributed by atoms with E-state index >= 15 is 0 Å². The van der Waals surface area contributed by atoms with Crippen LogP contribution in [0.2, 0.25) is 0 Å². The summed E-state index contributed by atoms with van der Waals surface area (Å²) in [6.07, 6.45) is 3.55. The molecule has 0 amide bonds. The molecule has 0 radical (unpaired) electrons. The lowest BCUT2D eigenvalue weighted by molar-refractivity contribution is 0.161. The molecule has 1 heterocycles. The van der Waals surface area contributed by atoms with E-state index in [2.05, 4.69) is 24.1 Å². The van der Waals surface area contributed by atoms with Crippen LogP contribution in [0.1, 0.15) is 32.3 Å². The van der Waals surface area contributed by atoms with Crippen molar-refractivity contribution >= 4 is 0 Å². The van der Waals surface area contributed by atoms with E-state index in [-0.39, 0.29) is 0 Å². The number of phenolic OH excluding ortho intramolecular Hbond substituents is 1. The van der Waals surface area contributed by atoms with Gasteiger partial charge in [-0.2, -0.15) is 0 Å². The lowest BCUT2D eigenvalue weighted by Gasteiger charge is -2.35. The Morgan fingerprint density at radius 2 is 1.84 bits per heavy atom. The third kappa shape index (κ3) is 4.51. The second kappa shape index (κ2) is 6.92. The van der Waals surface area contributed by atoms with Crippen LogP contribution in [0.3, 0.4) is 0 Å². The van der Waals surface area contributed by atoms with Crippen LogP contribution in [0.15, 0.2) is 24.3 Å². The number of piperidine rings is 1. The number of benzene rings is 1. The zero-order valence-electron chi connectivity index (χ0n) is 12.1. The van der Waals surface area contributed by atoms with Crippen molar-refractivity contribution in [2.75, 3.05) is 19.6 Å². The van der Waals surface area contributed by atoms with Gasteiger partial charge in [0.05, 0.1) is 0 Å². The minimum atomic E-state index is 0.345. The molecule has 2 rings (SSSR count). The number of hydrogen-bond donors (Lipinski definition) is 2. The fourth-order valence-electron chi connectivity index (χ4n) is 2.70. The molecule has 0 aliphatic carbocycles. The SMILES string of the molecule is CC(C)N1CCC(NCCc2ccc(O)cc2)CC1. The van der Waals surface area contributed by atoms with Crippen LogP contribution in [0, 0.1) is 0 Å². The number of rotatable bonds is 5. The summed E-state index contributed by atoms with van der Waals surface area (Å²) >= 11 is 0. The molecule has 1 fully saturated rings. The summed E-state index contributed by atoms with van der Waals surface area (Å²) in [4.78, 5) is 2.55. The van der Waals surface area contributed by atoms with Gasteiger partial charge in [-0.05, 0) is 70.4 Å². The van der Waals surface area contributed by atoms with E-state index in [1.54, 1.807) is 12.1 Å². The first-order valence-electron chi connectivity index (χ1n) is 7.40. The maximum absolute atomic E-state index is 9.24. The van der Waals surface area contributed by atoms with Gasteiger partial charge in [-0.3, -0.25) is 0 Å². The number of likely N-dealkylation sites (tertiary alicyclic amines) is 1. The van der Waals surface area contributed by atoms with E-state index in [4.69, 9.17) is 0 Å². The van der Waals surface area contributed by atoms with Gasteiger partial charge in [0.2, 0.25) is 0 Å². The van der Waals surface area contributed by atoms with E-state index in [1.807, 2.05) is 12.1 Å². The van der Waals surface area contributed by atoms with E-state index in [0.717, 1.165) is 13.0 Å². The van der Waals surface area contributed by atoms with Crippen molar-refractivity contribution in [1.82, 2.24) is 10.2 Å². The molecule has 0 saturated carbocycles. The Morgan fingerprint density at radius 3 is 2.42 bits per heavy atom. The molecule has 1 aliphatic rings. The third-order valence-electron chi connectivity index (χ3n) is 4.04. The molecule has 0 aromatic heterocycles. The lowest BCUT2D eigenvalue weighted by atomic mass is 10.0. The van der Waals surface area contributed by atoms with Crippen molar-refractivity contribution < 1.29 is 5.11 Å². The van der Waals surface area contributed by atoms with Crippen molar-refractivity contribution in [2.24, 2.45) is 0 Å². The average molecular weight is 262 g/mol. The fourth-order valence-corrected chi connectivity index (χ4v) is 2.70. The largest absolute Gasteiger partial charge is 0.508 e. The molecule has 1 aliphatic heterocycles. The number of aromatic hydroxyl groups is 1. The molecule has 3 nitrogen and oxygen atoms in total. The van der Waals surface area contributed by atoms with Crippen molar-refractivity contribution in [3.05, 3.63) is 29.8 Å². The van der Waals surface area contributed by atoms with E-state index < -0.39 is 0 Å². The van der Waals surface area contributed by atoms with Crippen LogP contribution in [0.5, 0.6) is 5.75 Å². The summed E-state index contributed by atoms with van der Waals surface area (Å²) in [6.45, 7) is 8.01. The maximum Gasteiger partial charge on any atom is 0.115 e. The normalized spacial score (nSPS) is 18.1. The number of phenols is 1. The van der Waals surface area contributed by atoms with E-state index in [9.17, 15) is 5.11 Å². The Labute approximate surface area is 116 Å². The van der Waals surface area contributed by atoms with Crippen molar-refractivity contribution in [2.45, 2.75) is 45.2 Å². The van der Waals surface area contributed by atoms with Gasteiger partial charge in [-0.15, -0.1) is 0 Å². The molecular weight excluding hydrogens is 236 g/mol. The van der Waals surface area contributed by atoms with E-state index in [0.29, 0.717) is 17.8 Å². The molecule has 2 N–H and O–H groups in total. The molecule has 19 heavy (non-hydrogen) atoms. The highest BCUT2D eigenvalue weighted by molar-refractivity contribution is 5.25. The van der Waals surface area contributed by atoms with Crippen LogP contribution in [-0.4, -0.2) is 41.7 Å². The van der Waals surface area contributed by atoms with Crippen molar-refractivity contribution in [3.63, 3.8) is 0 Å². The molecule has 1 saturated heterocycles. The van der Waals surface area contributed by atoms with Gasteiger partial charge < -0.3 is 15.3 Å². The Morgan fingerprint density at radius 1 is 1.21 bits per heavy atom. The topological polar surface area (TPSA) is 35.5 Å². The van der Waals surface area contributed by atoms with Crippen molar-refractivity contribution in [1.29, 1.82) is 0 Å². The first-order valence-corrected chi connectivity index (χ1v) is 7.40. The van der Waals surface area contributed by atoms with Gasteiger partial charge in [0.15, 0.2) is 0 Å². The predicted molar refractivity (Wildman–Crippen MR) is 79.5 cm³/mol. The molecule has 1 aromatic carbocycles. The molecular formula is C16H26N2O. The predicted octanol–water partition coefficient (Wildman–Crippen LogP) is 2.40. The van der Waals surface area contributed by atoms with Gasteiger partial charge >= 0.3 is 0 Å². The van der Waals surface area contributed by atoms with Gasteiger partial charge in [0.1, 0.15) is 5.75 Å². The van der Waals surface area contributed by atoms with Gasteiger partial charge in [-0.1, -0.05) is 12.1 Å². The average Bonchev–Trinajstić information content (AvgIpc) is 2.41. The van der Waals surface area contributed by atoms with Crippen LogP contribution in [-0.2, 0) is 6.42 Å². The molecule has 0 bridgehead atoms. The summed E-state index contributed by atoms with van der Waals surface area (Å²) in [5.74, 6) is 0.345. The molecule has 106 valence electrons. The minimum absolute atomic E-state index is 0.345. The summed E-state index contributed by atoms with van der Waals surface area (Å²) in [5, 5.41) is 12.9. The highest BCUT2D eigenvalue weighted by Crippen LogP contribution is 2.13. The van der Waals surface area contributed by atoms with Gasteiger partial charge in [0, 0.05) is 12.1 Å².